The number of pyridine rings is 1. The molecule has 1 N–H and O–H groups in total. The number of rotatable bonds is 8. The van der Waals surface area contributed by atoms with Crippen molar-refractivity contribution in [3.05, 3.63) is 73.6 Å². The van der Waals surface area contributed by atoms with Gasteiger partial charge in [0.15, 0.2) is 11.0 Å². The van der Waals surface area contributed by atoms with Gasteiger partial charge in [-0.05, 0) is 24.3 Å². The summed E-state index contributed by atoms with van der Waals surface area (Å²) in [6, 6.07) is 15.2. The van der Waals surface area contributed by atoms with E-state index < -0.39 is 0 Å². The molecule has 5 rings (SSSR count). The van der Waals surface area contributed by atoms with Gasteiger partial charge in [-0.1, -0.05) is 36.0 Å². The van der Waals surface area contributed by atoms with Gasteiger partial charge in [0.2, 0.25) is 5.91 Å². The zero-order valence-electron chi connectivity index (χ0n) is 18.4. The van der Waals surface area contributed by atoms with Crippen LogP contribution in [0, 0.1) is 0 Å². The molecule has 3 aromatic heterocycles. The lowest BCUT2D eigenvalue weighted by Crippen LogP contribution is -2.15. The summed E-state index contributed by atoms with van der Waals surface area (Å²) in [6.45, 7) is 4.34. The summed E-state index contributed by atoms with van der Waals surface area (Å²) in [6.07, 6.45) is 5.18. The molecule has 34 heavy (non-hydrogen) atoms. The molecule has 2 aromatic carbocycles. The number of furan rings is 1. The summed E-state index contributed by atoms with van der Waals surface area (Å²) in [5, 5.41) is 14.1. The van der Waals surface area contributed by atoms with Crippen LogP contribution in [0.25, 0.3) is 33.3 Å². The number of aromatic nitrogens is 4. The second-order valence-corrected chi connectivity index (χ2v) is 8.37. The quantitative estimate of drug-likeness (QED) is 0.247. The van der Waals surface area contributed by atoms with Gasteiger partial charge in [0, 0.05) is 41.3 Å². The Bertz CT molecular complexity index is 1490. The topological polar surface area (TPSA) is 95.1 Å². The normalized spacial score (nSPS) is 11.1. The molecule has 0 unspecified atom stereocenters. The van der Waals surface area contributed by atoms with E-state index in [-0.39, 0.29) is 11.7 Å². The Hall–Kier alpha value is -4.11. The number of thioether (sulfide) groups is 1. The molecule has 0 saturated heterocycles. The molecular formula is C25H21N5O3S. The smallest absolute Gasteiger partial charge is 0.234 e. The van der Waals surface area contributed by atoms with E-state index in [2.05, 4.69) is 27.1 Å². The van der Waals surface area contributed by atoms with E-state index in [1.54, 1.807) is 31.6 Å². The number of methoxy groups -OCH3 is 1. The second kappa shape index (κ2) is 9.40. The fourth-order valence-electron chi connectivity index (χ4n) is 3.74. The summed E-state index contributed by atoms with van der Waals surface area (Å²) >= 11 is 1.30. The van der Waals surface area contributed by atoms with E-state index in [4.69, 9.17) is 9.15 Å². The molecule has 0 fully saturated rings. The van der Waals surface area contributed by atoms with E-state index in [1.807, 2.05) is 47.0 Å². The number of para-hydroxylation sites is 1. The van der Waals surface area contributed by atoms with Crippen LogP contribution in [0.15, 0.2) is 83.2 Å². The SMILES string of the molecule is C=CCn1c(SCC(=O)Nc2cc3oc4ccccc4c3cc2OC)nnc1-c1ccncc1. The van der Waals surface area contributed by atoms with Crippen molar-refractivity contribution in [3.8, 4) is 17.1 Å². The first-order valence-electron chi connectivity index (χ1n) is 10.5. The molecule has 5 aromatic rings. The number of hydrogen-bond donors (Lipinski definition) is 1. The van der Waals surface area contributed by atoms with Crippen molar-refractivity contribution in [3.63, 3.8) is 0 Å². The zero-order chi connectivity index (χ0) is 23.5. The molecular weight excluding hydrogens is 450 g/mol. The summed E-state index contributed by atoms with van der Waals surface area (Å²) < 4.78 is 13.4. The number of amides is 1. The van der Waals surface area contributed by atoms with Gasteiger partial charge < -0.3 is 14.5 Å². The summed E-state index contributed by atoms with van der Waals surface area (Å²) in [5.74, 6) is 1.21. The van der Waals surface area contributed by atoms with Crippen LogP contribution >= 0.6 is 11.8 Å². The summed E-state index contributed by atoms with van der Waals surface area (Å²) in [5.41, 5.74) is 2.90. The molecule has 0 radical (unpaired) electrons. The van der Waals surface area contributed by atoms with Gasteiger partial charge in [-0.3, -0.25) is 14.3 Å². The first-order valence-corrected chi connectivity index (χ1v) is 11.5. The summed E-state index contributed by atoms with van der Waals surface area (Å²) in [7, 11) is 1.58. The Morgan fingerprint density at radius 3 is 2.76 bits per heavy atom. The number of nitrogens with one attached hydrogen (secondary N) is 1. The number of nitrogens with zero attached hydrogens (tertiary/aromatic N) is 4. The van der Waals surface area contributed by atoms with Gasteiger partial charge in [0.05, 0.1) is 18.6 Å². The fraction of sp³-hybridized carbons (Fsp3) is 0.120. The minimum absolute atomic E-state index is 0.146. The number of carbonyl (C=O) groups is 1. The molecule has 0 bridgehead atoms. The number of fused-ring (bicyclic) bond motifs is 3. The van der Waals surface area contributed by atoms with Crippen LogP contribution < -0.4 is 10.1 Å². The maximum Gasteiger partial charge on any atom is 0.234 e. The molecule has 0 aliphatic rings. The number of allylic oxidation sites excluding steroid dienone is 1. The minimum Gasteiger partial charge on any atom is -0.495 e. The van der Waals surface area contributed by atoms with Gasteiger partial charge in [-0.15, -0.1) is 16.8 Å². The maximum atomic E-state index is 12.8. The number of hydrogen-bond acceptors (Lipinski definition) is 7. The number of ether oxygens (including phenoxy) is 1. The Labute approximate surface area is 199 Å². The van der Waals surface area contributed by atoms with Crippen molar-refractivity contribution in [2.75, 3.05) is 18.2 Å². The lowest BCUT2D eigenvalue weighted by atomic mass is 10.1. The first-order chi connectivity index (χ1) is 16.7. The van der Waals surface area contributed by atoms with Gasteiger partial charge >= 0.3 is 0 Å². The van der Waals surface area contributed by atoms with Crippen molar-refractivity contribution in [2.45, 2.75) is 11.7 Å². The van der Waals surface area contributed by atoms with E-state index in [9.17, 15) is 4.79 Å². The monoisotopic (exact) mass is 471 g/mol. The molecule has 8 nitrogen and oxygen atoms in total. The van der Waals surface area contributed by atoms with E-state index in [1.165, 1.54) is 11.8 Å². The Kier molecular flexibility index (Phi) is 6.01. The van der Waals surface area contributed by atoms with E-state index >= 15 is 0 Å². The van der Waals surface area contributed by atoms with Gasteiger partial charge in [0.25, 0.3) is 0 Å². The molecule has 0 atom stereocenters. The Balaban J connectivity index is 1.35. The molecule has 0 aliphatic heterocycles. The standard InChI is InChI=1S/C25H21N5O3S/c1-3-12-30-24(16-8-10-26-11-9-16)28-29-25(30)34-15-23(31)27-19-14-21-18(13-22(19)32-2)17-6-4-5-7-20(17)33-21/h3-11,13-14H,1,12,15H2,2H3,(H,27,31). The Morgan fingerprint density at radius 2 is 1.97 bits per heavy atom. The molecule has 0 saturated carbocycles. The number of anilines is 1. The molecule has 0 aliphatic carbocycles. The van der Waals surface area contributed by atoms with Crippen molar-refractivity contribution in [1.29, 1.82) is 0 Å². The highest BCUT2D eigenvalue weighted by molar-refractivity contribution is 7.99. The van der Waals surface area contributed by atoms with Crippen LogP contribution in [-0.4, -0.2) is 38.5 Å². The number of carbonyl (C=O) groups excluding carboxylic acids is 1. The van der Waals surface area contributed by atoms with E-state index in [0.29, 0.717) is 34.5 Å². The van der Waals surface area contributed by atoms with Crippen molar-refractivity contribution < 1.29 is 13.9 Å². The first kappa shape index (κ1) is 21.7. The highest BCUT2D eigenvalue weighted by Crippen LogP contribution is 2.36. The third-order valence-electron chi connectivity index (χ3n) is 5.27. The molecule has 1 amide bonds. The fourth-order valence-corrected chi connectivity index (χ4v) is 4.49. The number of benzene rings is 2. The van der Waals surface area contributed by atoms with Gasteiger partial charge in [0.1, 0.15) is 16.9 Å². The second-order valence-electron chi connectivity index (χ2n) is 7.43. The average molecular weight is 472 g/mol. The van der Waals surface area contributed by atoms with Crippen molar-refractivity contribution >= 4 is 45.3 Å². The van der Waals surface area contributed by atoms with Crippen LogP contribution in [-0.2, 0) is 11.3 Å². The van der Waals surface area contributed by atoms with Crippen LogP contribution in [0.3, 0.4) is 0 Å². The highest BCUT2D eigenvalue weighted by Gasteiger charge is 2.17. The maximum absolute atomic E-state index is 12.8. The third kappa shape index (κ3) is 4.13. The minimum atomic E-state index is -0.197. The zero-order valence-corrected chi connectivity index (χ0v) is 19.2. The van der Waals surface area contributed by atoms with Gasteiger partial charge in [-0.2, -0.15) is 0 Å². The molecule has 3 heterocycles. The molecule has 9 heteroatoms. The molecule has 0 spiro atoms. The summed E-state index contributed by atoms with van der Waals surface area (Å²) in [4.78, 5) is 16.8. The third-order valence-corrected chi connectivity index (χ3v) is 6.24. The predicted molar refractivity (Wildman–Crippen MR) is 133 cm³/mol. The van der Waals surface area contributed by atoms with Crippen molar-refractivity contribution in [1.82, 2.24) is 19.7 Å². The van der Waals surface area contributed by atoms with Crippen LogP contribution in [0.1, 0.15) is 0 Å². The van der Waals surface area contributed by atoms with Crippen molar-refractivity contribution in [2.24, 2.45) is 0 Å². The van der Waals surface area contributed by atoms with Crippen LogP contribution in [0.5, 0.6) is 5.75 Å². The van der Waals surface area contributed by atoms with E-state index in [0.717, 1.165) is 21.9 Å². The lowest BCUT2D eigenvalue weighted by Gasteiger charge is -2.11. The lowest BCUT2D eigenvalue weighted by molar-refractivity contribution is -0.113. The van der Waals surface area contributed by atoms with Crippen LogP contribution in [0.4, 0.5) is 5.69 Å². The Morgan fingerprint density at radius 1 is 1.15 bits per heavy atom. The highest BCUT2D eigenvalue weighted by atomic mass is 32.2. The molecule has 170 valence electrons. The largest absolute Gasteiger partial charge is 0.495 e. The van der Waals surface area contributed by atoms with Gasteiger partial charge in [-0.25, -0.2) is 0 Å². The average Bonchev–Trinajstić information content (AvgIpc) is 3.43. The predicted octanol–water partition coefficient (Wildman–Crippen LogP) is 5.16. The van der Waals surface area contributed by atoms with Crippen LogP contribution in [0.2, 0.25) is 0 Å².